The predicted octanol–water partition coefficient (Wildman–Crippen LogP) is 10.5. The van der Waals surface area contributed by atoms with Gasteiger partial charge in [-0.1, -0.05) is 72.8 Å². The van der Waals surface area contributed by atoms with E-state index in [0.717, 1.165) is 78.6 Å². The van der Waals surface area contributed by atoms with Gasteiger partial charge in [0.1, 0.15) is 11.5 Å². The summed E-state index contributed by atoms with van der Waals surface area (Å²) in [6.07, 6.45) is 7.58. The van der Waals surface area contributed by atoms with Crippen molar-refractivity contribution in [3.63, 3.8) is 0 Å². The van der Waals surface area contributed by atoms with Gasteiger partial charge < -0.3 is 13.9 Å². The molecule has 0 unspecified atom stereocenters. The maximum Gasteiger partial charge on any atom is 0.134 e. The third-order valence-corrected chi connectivity index (χ3v) is 11.2. The Morgan fingerprint density at radius 1 is 0.462 bits per heavy atom. The lowest BCUT2D eigenvalue weighted by molar-refractivity contribution is 0.435. The summed E-state index contributed by atoms with van der Waals surface area (Å²) in [4.78, 5) is 14.4. The zero-order valence-corrected chi connectivity index (χ0v) is 27.7. The Balaban J connectivity index is 1.19. The van der Waals surface area contributed by atoms with Crippen molar-refractivity contribution < 1.29 is 4.74 Å². The van der Waals surface area contributed by atoms with Gasteiger partial charge in [0.15, 0.2) is 0 Å². The van der Waals surface area contributed by atoms with Crippen LogP contribution in [0.15, 0.2) is 164 Å². The summed E-state index contributed by atoms with van der Waals surface area (Å²) in [6.45, 7) is 0. The van der Waals surface area contributed by atoms with E-state index in [-0.39, 0.29) is 0 Å². The highest BCUT2D eigenvalue weighted by Crippen LogP contribution is 2.62. The van der Waals surface area contributed by atoms with Crippen LogP contribution in [0.1, 0.15) is 22.3 Å². The molecule has 0 saturated heterocycles. The maximum atomic E-state index is 6.84. The number of rotatable bonds is 2. The second-order valence-corrected chi connectivity index (χ2v) is 13.6. The van der Waals surface area contributed by atoms with Crippen LogP contribution in [-0.4, -0.2) is 24.1 Å². The molecule has 242 valence electrons. The van der Waals surface area contributed by atoms with Gasteiger partial charge in [-0.2, -0.15) is 0 Å². The first-order chi connectivity index (χ1) is 25.8. The van der Waals surface area contributed by atoms with E-state index in [1.807, 2.05) is 43.0 Å². The molecule has 1 spiro atoms. The highest BCUT2D eigenvalue weighted by molar-refractivity contribution is 6.12. The van der Waals surface area contributed by atoms with E-state index in [9.17, 15) is 0 Å². The number of aromatic nitrogens is 5. The van der Waals surface area contributed by atoms with Crippen LogP contribution in [0, 0.1) is 0 Å². The molecule has 6 nitrogen and oxygen atoms in total. The molecule has 1 aliphatic heterocycles. The van der Waals surface area contributed by atoms with Gasteiger partial charge >= 0.3 is 0 Å². The van der Waals surface area contributed by atoms with Crippen molar-refractivity contribution in [1.29, 1.82) is 0 Å². The van der Waals surface area contributed by atoms with Crippen LogP contribution in [0.2, 0.25) is 0 Å². The third kappa shape index (κ3) is 3.36. The lowest BCUT2D eigenvalue weighted by Gasteiger charge is -2.40. The first kappa shape index (κ1) is 27.7. The normalized spacial score (nSPS) is 13.7. The molecule has 0 N–H and O–H groups in total. The minimum atomic E-state index is -0.707. The standard InChI is InChI=1S/C46H27N5O/c1-4-15-36-29(10-1)31-22-25-47-27-40(31)50(36)28-20-21-38-32(26-28)30-11-2-5-16-37(30)51(38)39-17-7-19-42-43(39)46(33-12-3-6-18-41(33)52-42)34-13-8-23-48-44(34)45-35(46)14-9-24-49-45/h1-27H. The van der Waals surface area contributed by atoms with Gasteiger partial charge in [0.25, 0.3) is 0 Å². The van der Waals surface area contributed by atoms with E-state index in [1.165, 1.54) is 21.5 Å². The molecule has 2 aliphatic rings. The Hall–Kier alpha value is -7.05. The Morgan fingerprint density at radius 3 is 1.90 bits per heavy atom. The fourth-order valence-electron chi connectivity index (χ4n) is 9.24. The summed E-state index contributed by atoms with van der Waals surface area (Å²) in [6, 6.07) is 49.6. The van der Waals surface area contributed by atoms with Crippen LogP contribution in [0.5, 0.6) is 11.5 Å². The number of pyridine rings is 3. The number of para-hydroxylation sites is 3. The van der Waals surface area contributed by atoms with Crippen molar-refractivity contribution in [3.05, 3.63) is 187 Å². The van der Waals surface area contributed by atoms with Crippen molar-refractivity contribution in [2.45, 2.75) is 5.41 Å². The van der Waals surface area contributed by atoms with Crippen LogP contribution in [0.3, 0.4) is 0 Å². The third-order valence-electron chi connectivity index (χ3n) is 11.2. The average Bonchev–Trinajstić information content (AvgIpc) is 3.82. The van der Waals surface area contributed by atoms with Gasteiger partial charge in [-0.25, -0.2) is 0 Å². The molecule has 6 heterocycles. The highest BCUT2D eigenvalue weighted by atomic mass is 16.5. The molecule has 0 atom stereocenters. The quantitative estimate of drug-likeness (QED) is 0.184. The van der Waals surface area contributed by atoms with Crippen molar-refractivity contribution >= 4 is 43.6 Å². The van der Waals surface area contributed by atoms with Crippen LogP contribution < -0.4 is 4.74 Å². The molecule has 10 aromatic rings. The molecule has 0 saturated carbocycles. The van der Waals surface area contributed by atoms with E-state index in [1.54, 1.807) is 0 Å². The van der Waals surface area contributed by atoms with Crippen molar-refractivity contribution in [2.24, 2.45) is 0 Å². The summed E-state index contributed by atoms with van der Waals surface area (Å²) in [5.74, 6) is 1.66. The van der Waals surface area contributed by atoms with E-state index in [2.05, 4.69) is 135 Å². The minimum Gasteiger partial charge on any atom is -0.457 e. The zero-order chi connectivity index (χ0) is 34.0. The highest BCUT2D eigenvalue weighted by Gasteiger charge is 2.53. The number of benzene rings is 5. The summed E-state index contributed by atoms with van der Waals surface area (Å²) >= 11 is 0. The van der Waals surface area contributed by atoms with Gasteiger partial charge in [0.2, 0.25) is 0 Å². The zero-order valence-electron chi connectivity index (χ0n) is 27.7. The second-order valence-electron chi connectivity index (χ2n) is 13.6. The predicted molar refractivity (Wildman–Crippen MR) is 206 cm³/mol. The molecule has 1 aliphatic carbocycles. The topological polar surface area (TPSA) is 57.8 Å². The van der Waals surface area contributed by atoms with E-state index in [4.69, 9.17) is 14.7 Å². The Morgan fingerprint density at radius 2 is 1.10 bits per heavy atom. The summed E-state index contributed by atoms with van der Waals surface area (Å²) in [7, 11) is 0. The monoisotopic (exact) mass is 665 g/mol. The lowest BCUT2D eigenvalue weighted by atomic mass is 9.66. The fraction of sp³-hybridized carbons (Fsp3) is 0.0217. The summed E-state index contributed by atoms with van der Waals surface area (Å²) < 4.78 is 11.6. The molecular weight excluding hydrogens is 639 g/mol. The van der Waals surface area contributed by atoms with Gasteiger partial charge in [-0.05, 0) is 77.9 Å². The molecular formula is C46H27N5O. The molecule has 5 aromatic heterocycles. The van der Waals surface area contributed by atoms with E-state index < -0.39 is 5.41 Å². The largest absolute Gasteiger partial charge is 0.457 e. The average molecular weight is 666 g/mol. The first-order valence-electron chi connectivity index (χ1n) is 17.5. The number of hydrogen-bond donors (Lipinski definition) is 0. The van der Waals surface area contributed by atoms with Crippen LogP contribution in [0.25, 0.3) is 66.4 Å². The SMILES string of the molecule is c1ccc2c(c1)Oc1cccc(-n3c4ccccc4c4cc(-n5c6ccccc6c6ccncc65)ccc43)c1C21c2cccnc2-c2ncccc21. The molecule has 5 aromatic carbocycles. The minimum absolute atomic E-state index is 0.707. The summed E-state index contributed by atoms with van der Waals surface area (Å²) in [5.41, 5.74) is 12.1. The fourth-order valence-corrected chi connectivity index (χ4v) is 9.24. The Bertz CT molecular complexity index is 3040. The molecule has 52 heavy (non-hydrogen) atoms. The lowest BCUT2D eigenvalue weighted by Crippen LogP contribution is -2.33. The molecule has 0 amide bonds. The number of ether oxygens (including phenoxy) is 1. The molecule has 0 bridgehead atoms. The van der Waals surface area contributed by atoms with Crippen LogP contribution >= 0.6 is 0 Å². The number of fused-ring (bicyclic) bond motifs is 15. The number of nitrogens with zero attached hydrogens (tertiary/aromatic N) is 5. The van der Waals surface area contributed by atoms with Gasteiger partial charge in [-0.3, -0.25) is 15.0 Å². The van der Waals surface area contributed by atoms with Crippen molar-refractivity contribution in [3.8, 4) is 34.3 Å². The summed E-state index contributed by atoms with van der Waals surface area (Å²) in [5, 5.41) is 4.75. The molecule has 0 fully saturated rings. The van der Waals surface area contributed by atoms with Crippen LogP contribution in [-0.2, 0) is 5.41 Å². The maximum absolute atomic E-state index is 6.84. The first-order valence-corrected chi connectivity index (χ1v) is 17.5. The van der Waals surface area contributed by atoms with Gasteiger partial charge in [0.05, 0.1) is 50.8 Å². The van der Waals surface area contributed by atoms with Crippen molar-refractivity contribution in [1.82, 2.24) is 24.1 Å². The second kappa shape index (κ2) is 10.0. The van der Waals surface area contributed by atoms with Crippen LogP contribution in [0.4, 0.5) is 0 Å². The van der Waals surface area contributed by atoms with E-state index in [0.29, 0.717) is 0 Å². The van der Waals surface area contributed by atoms with Crippen molar-refractivity contribution in [2.75, 3.05) is 0 Å². The van der Waals surface area contributed by atoms with Gasteiger partial charge in [-0.15, -0.1) is 0 Å². The molecule has 12 rings (SSSR count). The smallest absolute Gasteiger partial charge is 0.134 e. The molecule has 0 radical (unpaired) electrons. The van der Waals surface area contributed by atoms with E-state index >= 15 is 0 Å². The molecule has 6 heteroatoms. The number of hydrogen-bond acceptors (Lipinski definition) is 4. The Labute approximate surface area is 297 Å². The Kier molecular flexibility index (Phi) is 5.34. The van der Waals surface area contributed by atoms with Gasteiger partial charge in [0, 0.05) is 56.9 Å².